The Morgan fingerprint density at radius 3 is 2.89 bits per heavy atom. The van der Waals surface area contributed by atoms with Crippen LogP contribution in [-0.2, 0) is 13.0 Å². The molecule has 0 atom stereocenters. The van der Waals surface area contributed by atoms with E-state index >= 15 is 0 Å². The Bertz CT molecular complexity index is 454. The van der Waals surface area contributed by atoms with Gasteiger partial charge >= 0.3 is 5.97 Å². The topological polar surface area (TPSA) is 40.5 Å². The smallest absolute Gasteiger partial charge is 0.335 e. The summed E-state index contributed by atoms with van der Waals surface area (Å²) in [6.45, 7) is 7.51. The van der Waals surface area contributed by atoms with Crippen molar-refractivity contribution >= 4 is 5.97 Å². The fourth-order valence-corrected chi connectivity index (χ4v) is 2.78. The average Bonchev–Trinajstić information content (AvgIpc) is 2.37. The van der Waals surface area contributed by atoms with E-state index in [2.05, 4.69) is 24.8 Å². The summed E-state index contributed by atoms with van der Waals surface area (Å²) in [5.41, 5.74) is 2.71. The van der Waals surface area contributed by atoms with Crippen LogP contribution >= 0.6 is 0 Å². The van der Waals surface area contributed by atoms with Gasteiger partial charge in [0.25, 0.3) is 0 Å². The van der Waals surface area contributed by atoms with Crippen LogP contribution in [0.1, 0.15) is 48.2 Å². The lowest BCUT2D eigenvalue weighted by molar-refractivity contribution is 0.0694. The van der Waals surface area contributed by atoms with E-state index in [9.17, 15) is 9.90 Å². The van der Waals surface area contributed by atoms with E-state index < -0.39 is 5.97 Å². The number of benzene rings is 1. The van der Waals surface area contributed by atoms with E-state index in [1.165, 1.54) is 18.4 Å². The Labute approximate surface area is 115 Å². The van der Waals surface area contributed by atoms with Crippen molar-refractivity contribution in [1.82, 2.24) is 4.90 Å². The molecule has 1 aromatic rings. The molecule has 1 aliphatic rings. The van der Waals surface area contributed by atoms with Crippen LogP contribution < -0.4 is 0 Å². The first kappa shape index (κ1) is 14.1. The van der Waals surface area contributed by atoms with Crippen LogP contribution in [0.15, 0.2) is 18.2 Å². The molecule has 2 rings (SSSR count). The van der Waals surface area contributed by atoms with Crippen molar-refractivity contribution in [2.75, 3.05) is 13.1 Å². The van der Waals surface area contributed by atoms with Crippen LogP contribution in [0, 0.1) is 5.92 Å². The van der Waals surface area contributed by atoms with Gasteiger partial charge in [-0.2, -0.15) is 0 Å². The SMILES string of the molecule is CC(C)CCCN1CCc2c(cccc2C(=O)O)C1. The van der Waals surface area contributed by atoms with Gasteiger partial charge in [0.2, 0.25) is 0 Å². The Morgan fingerprint density at radius 1 is 1.42 bits per heavy atom. The fourth-order valence-electron chi connectivity index (χ4n) is 2.78. The zero-order valence-electron chi connectivity index (χ0n) is 11.9. The molecule has 1 aromatic carbocycles. The third-order valence-corrected chi connectivity index (χ3v) is 3.83. The van der Waals surface area contributed by atoms with Gasteiger partial charge in [-0.25, -0.2) is 4.79 Å². The molecule has 0 saturated carbocycles. The first-order valence-corrected chi connectivity index (χ1v) is 7.14. The molecule has 0 fully saturated rings. The predicted octanol–water partition coefficient (Wildman–Crippen LogP) is 3.18. The molecule has 19 heavy (non-hydrogen) atoms. The molecule has 1 aliphatic heterocycles. The van der Waals surface area contributed by atoms with Gasteiger partial charge in [-0.05, 0) is 48.9 Å². The molecule has 1 heterocycles. The first-order valence-electron chi connectivity index (χ1n) is 7.14. The standard InChI is InChI=1S/C16H23NO2/c1-12(2)5-4-9-17-10-8-14-13(11-17)6-3-7-15(14)16(18)19/h3,6-7,12H,4-5,8-11H2,1-2H3,(H,18,19). The summed E-state index contributed by atoms with van der Waals surface area (Å²) in [5, 5.41) is 9.20. The second kappa shape index (κ2) is 6.20. The number of hydrogen-bond acceptors (Lipinski definition) is 2. The highest BCUT2D eigenvalue weighted by atomic mass is 16.4. The van der Waals surface area contributed by atoms with Crippen molar-refractivity contribution in [3.63, 3.8) is 0 Å². The highest BCUT2D eigenvalue weighted by molar-refractivity contribution is 5.89. The van der Waals surface area contributed by atoms with Crippen LogP contribution in [0.2, 0.25) is 0 Å². The van der Waals surface area contributed by atoms with E-state index in [4.69, 9.17) is 0 Å². The summed E-state index contributed by atoms with van der Waals surface area (Å²) in [6.07, 6.45) is 3.35. The van der Waals surface area contributed by atoms with Gasteiger partial charge in [-0.15, -0.1) is 0 Å². The van der Waals surface area contributed by atoms with Crippen LogP contribution in [-0.4, -0.2) is 29.1 Å². The fraction of sp³-hybridized carbons (Fsp3) is 0.562. The number of nitrogens with zero attached hydrogens (tertiary/aromatic N) is 1. The molecule has 3 nitrogen and oxygen atoms in total. The van der Waals surface area contributed by atoms with Crippen molar-refractivity contribution in [2.45, 2.75) is 39.7 Å². The van der Waals surface area contributed by atoms with Gasteiger partial charge in [-0.1, -0.05) is 26.0 Å². The number of aromatic carboxylic acids is 1. The second-order valence-electron chi connectivity index (χ2n) is 5.81. The summed E-state index contributed by atoms with van der Waals surface area (Å²) in [5.74, 6) is -0.0409. The van der Waals surface area contributed by atoms with Gasteiger partial charge in [-0.3, -0.25) is 4.90 Å². The number of rotatable bonds is 5. The second-order valence-corrected chi connectivity index (χ2v) is 5.81. The number of fused-ring (bicyclic) bond motifs is 1. The van der Waals surface area contributed by atoms with E-state index in [0.29, 0.717) is 5.56 Å². The Balaban J connectivity index is 2.00. The molecule has 0 amide bonds. The summed E-state index contributed by atoms with van der Waals surface area (Å²) >= 11 is 0. The van der Waals surface area contributed by atoms with Crippen LogP contribution in [0.5, 0.6) is 0 Å². The summed E-state index contributed by atoms with van der Waals surface area (Å²) in [7, 11) is 0. The lowest BCUT2D eigenvalue weighted by atomic mass is 9.94. The minimum atomic E-state index is -0.801. The van der Waals surface area contributed by atoms with Crippen molar-refractivity contribution in [2.24, 2.45) is 5.92 Å². The van der Waals surface area contributed by atoms with E-state index in [-0.39, 0.29) is 0 Å². The van der Waals surface area contributed by atoms with Crippen molar-refractivity contribution < 1.29 is 9.90 Å². The molecule has 0 saturated heterocycles. The molecule has 0 unspecified atom stereocenters. The predicted molar refractivity (Wildman–Crippen MR) is 76.5 cm³/mol. The van der Waals surface area contributed by atoms with Gasteiger partial charge in [0, 0.05) is 13.1 Å². The third-order valence-electron chi connectivity index (χ3n) is 3.83. The summed E-state index contributed by atoms with van der Waals surface area (Å²) in [6, 6.07) is 5.64. The highest BCUT2D eigenvalue weighted by Crippen LogP contribution is 2.23. The zero-order chi connectivity index (χ0) is 13.8. The van der Waals surface area contributed by atoms with Crippen molar-refractivity contribution in [3.8, 4) is 0 Å². The minimum absolute atomic E-state index is 0.485. The lowest BCUT2D eigenvalue weighted by Crippen LogP contribution is -2.32. The van der Waals surface area contributed by atoms with Crippen LogP contribution in [0.4, 0.5) is 0 Å². The quantitative estimate of drug-likeness (QED) is 0.885. The summed E-state index contributed by atoms with van der Waals surface area (Å²) < 4.78 is 0. The van der Waals surface area contributed by atoms with Crippen molar-refractivity contribution in [3.05, 3.63) is 34.9 Å². The molecule has 1 N–H and O–H groups in total. The maximum absolute atomic E-state index is 11.2. The monoisotopic (exact) mass is 261 g/mol. The normalized spacial score (nSPS) is 15.5. The van der Waals surface area contributed by atoms with Crippen molar-refractivity contribution in [1.29, 1.82) is 0 Å². The third kappa shape index (κ3) is 3.57. The largest absolute Gasteiger partial charge is 0.478 e. The Morgan fingerprint density at radius 2 is 2.21 bits per heavy atom. The minimum Gasteiger partial charge on any atom is -0.478 e. The van der Waals surface area contributed by atoms with Gasteiger partial charge < -0.3 is 5.11 Å². The first-order chi connectivity index (χ1) is 9.08. The number of carbonyl (C=O) groups is 1. The molecule has 104 valence electrons. The Kier molecular flexibility index (Phi) is 4.59. The number of carboxylic acid groups (broad SMARTS) is 1. The number of carboxylic acids is 1. The highest BCUT2D eigenvalue weighted by Gasteiger charge is 2.20. The van der Waals surface area contributed by atoms with Gasteiger partial charge in [0.15, 0.2) is 0 Å². The van der Waals surface area contributed by atoms with Crippen LogP contribution in [0.25, 0.3) is 0 Å². The average molecular weight is 261 g/mol. The molecule has 0 aliphatic carbocycles. The summed E-state index contributed by atoms with van der Waals surface area (Å²) in [4.78, 5) is 13.6. The van der Waals surface area contributed by atoms with E-state index in [1.807, 2.05) is 6.07 Å². The van der Waals surface area contributed by atoms with E-state index in [0.717, 1.165) is 37.5 Å². The lowest BCUT2D eigenvalue weighted by Gasteiger charge is -2.29. The zero-order valence-corrected chi connectivity index (χ0v) is 11.9. The molecule has 0 bridgehead atoms. The molecule has 0 spiro atoms. The Hall–Kier alpha value is -1.35. The molecule has 0 radical (unpaired) electrons. The maximum atomic E-state index is 11.2. The maximum Gasteiger partial charge on any atom is 0.335 e. The van der Waals surface area contributed by atoms with Gasteiger partial charge in [0.1, 0.15) is 0 Å². The molecule has 0 aromatic heterocycles. The molecular formula is C16H23NO2. The molecular weight excluding hydrogens is 238 g/mol. The van der Waals surface area contributed by atoms with Crippen LogP contribution in [0.3, 0.4) is 0 Å². The van der Waals surface area contributed by atoms with E-state index in [1.54, 1.807) is 6.07 Å². The van der Waals surface area contributed by atoms with Gasteiger partial charge in [0.05, 0.1) is 5.56 Å². The molecule has 3 heteroatoms. The number of hydrogen-bond donors (Lipinski definition) is 1.